The Morgan fingerprint density at radius 2 is 1.76 bits per heavy atom. The standard InChI is InChI=1S/C28H26ClN3O6/c1-16-19(24(30-38-16)17-8-6-5-7-9-17)14-32-22(33)13-28(26(32)36)20-12-18(29)10-11-21(20)31(25(28)35)15-23(34)37-27(2,3)4/h5-12H,13-15H2,1-4H3. The molecule has 10 heteroatoms. The summed E-state index contributed by atoms with van der Waals surface area (Å²) in [6.45, 7) is 6.34. The van der Waals surface area contributed by atoms with Crippen molar-refractivity contribution in [1.29, 1.82) is 0 Å². The molecule has 3 aromatic rings. The Bertz CT molecular complexity index is 1480. The number of carbonyl (C=O) groups is 4. The van der Waals surface area contributed by atoms with E-state index in [9.17, 15) is 19.2 Å². The second kappa shape index (κ2) is 9.09. The van der Waals surface area contributed by atoms with Crippen molar-refractivity contribution in [3.8, 4) is 11.3 Å². The molecule has 1 aromatic heterocycles. The predicted octanol–water partition coefficient (Wildman–Crippen LogP) is 4.19. The fourth-order valence-electron chi connectivity index (χ4n) is 5.04. The Hall–Kier alpha value is -3.98. The monoisotopic (exact) mass is 535 g/mol. The van der Waals surface area contributed by atoms with E-state index in [1.54, 1.807) is 39.8 Å². The molecular weight excluding hydrogens is 510 g/mol. The van der Waals surface area contributed by atoms with E-state index in [0.717, 1.165) is 10.5 Å². The molecule has 1 fully saturated rings. The lowest BCUT2D eigenvalue weighted by Gasteiger charge is -2.24. The van der Waals surface area contributed by atoms with Crippen LogP contribution in [0, 0.1) is 6.92 Å². The van der Waals surface area contributed by atoms with Gasteiger partial charge in [0, 0.05) is 27.4 Å². The predicted molar refractivity (Wildman–Crippen MR) is 138 cm³/mol. The minimum atomic E-state index is -1.82. The van der Waals surface area contributed by atoms with Crippen molar-refractivity contribution in [1.82, 2.24) is 10.1 Å². The Morgan fingerprint density at radius 1 is 1.08 bits per heavy atom. The summed E-state index contributed by atoms with van der Waals surface area (Å²) in [5.41, 5.74) is -0.0924. The number of benzene rings is 2. The summed E-state index contributed by atoms with van der Waals surface area (Å²) in [6, 6.07) is 13.9. The third-order valence-corrected chi connectivity index (χ3v) is 6.94. The average molecular weight is 536 g/mol. The van der Waals surface area contributed by atoms with Gasteiger partial charge in [-0.3, -0.25) is 29.0 Å². The highest BCUT2D eigenvalue weighted by Crippen LogP contribution is 2.49. The Morgan fingerprint density at radius 3 is 2.45 bits per heavy atom. The molecule has 0 aliphatic carbocycles. The van der Waals surface area contributed by atoms with Gasteiger partial charge in [0.1, 0.15) is 23.6 Å². The molecule has 0 N–H and O–H groups in total. The maximum absolute atomic E-state index is 14.0. The first-order valence-corrected chi connectivity index (χ1v) is 12.5. The summed E-state index contributed by atoms with van der Waals surface area (Å²) in [5.74, 6) is -2.04. The molecule has 0 bridgehead atoms. The number of likely N-dealkylation sites (tertiary alicyclic amines) is 1. The summed E-state index contributed by atoms with van der Waals surface area (Å²) in [7, 11) is 0. The molecule has 5 rings (SSSR count). The number of imide groups is 1. The minimum Gasteiger partial charge on any atom is -0.459 e. The number of esters is 1. The number of ether oxygens (including phenoxy) is 1. The van der Waals surface area contributed by atoms with Gasteiger partial charge < -0.3 is 9.26 Å². The number of amides is 3. The number of nitrogens with zero attached hydrogens (tertiary/aromatic N) is 3. The smallest absolute Gasteiger partial charge is 0.326 e. The van der Waals surface area contributed by atoms with Crippen LogP contribution in [0.15, 0.2) is 53.1 Å². The van der Waals surface area contributed by atoms with Gasteiger partial charge in [-0.15, -0.1) is 0 Å². The van der Waals surface area contributed by atoms with Crippen LogP contribution >= 0.6 is 11.6 Å². The van der Waals surface area contributed by atoms with Crippen LogP contribution in [0.5, 0.6) is 0 Å². The first kappa shape index (κ1) is 25.7. The van der Waals surface area contributed by atoms with Gasteiger partial charge in [0.05, 0.1) is 13.0 Å². The normalized spacial score (nSPS) is 19.0. The molecule has 38 heavy (non-hydrogen) atoms. The molecular formula is C28H26ClN3O6. The summed E-state index contributed by atoms with van der Waals surface area (Å²) >= 11 is 6.27. The summed E-state index contributed by atoms with van der Waals surface area (Å²) in [4.78, 5) is 56.2. The van der Waals surface area contributed by atoms with Gasteiger partial charge in [0.15, 0.2) is 5.41 Å². The fourth-order valence-corrected chi connectivity index (χ4v) is 5.21. The molecule has 0 saturated carbocycles. The molecule has 1 saturated heterocycles. The van der Waals surface area contributed by atoms with E-state index in [-0.39, 0.29) is 13.0 Å². The Balaban J connectivity index is 1.52. The summed E-state index contributed by atoms with van der Waals surface area (Å²) < 4.78 is 10.8. The lowest BCUT2D eigenvalue weighted by Crippen LogP contribution is -2.48. The van der Waals surface area contributed by atoms with Gasteiger partial charge in [-0.2, -0.15) is 0 Å². The second-order valence-electron chi connectivity index (χ2n) is 10.4. The van der Waals surface area contributed by atoms with Crippen LogP contribution in [0.3, 0.4) is 0 Å². The molecule has 9 nitrogen and oxygen atoms in total. The molecule has 0 radical (unpaired) electrons. The van der Waals surface area contributed by atoms with E-state index in [2.05, 4.69) is 5.16 Å². The van der Waals surface area contributed by atoms with Crippen molar-refractivity contribution in [2.24, 2.45) is 0 Å². The van der Waals surface area contributed by atoms with Crippen LogP contribution in [0.4, 0.5) is 5.69 Å². The molecule has 196 valence electrons. The van der Waals surface area contributed by atoms with Crippen molar-refractivity contribution < 1.29 is 28.4 Å². The SMILES string of the molecule is Cc1onc(-c2ccccc2)c1CN1C(=O)CC2(C1=O)C(=O)N(CC(=O)OC(C)(C)C)c1ccc(Cl)cc12. The minimum absolute atomic E-state index is 0.117. The van der Waals surface area contributed by atoms with Crippen molar-refractivity contribution in [3.05, 3.63) is 70.4 Å². The van der Waals surface area contributed by atoms with Gasteiger partial charge in [-0.1, -0.05) is 47.1 Å². The van der Waals surface area contributed by atoms with Crippen LogP contribution < -0.4 is 4.90 Å². The zero-order chi connectivity index (χ0) is 27.4. The van der Waals surface area contributed by atoms with Crippen LogP contribution in [0.2, 0.25) is 5.02 Å². The third kappa shape index (κ3) is 4.16. The van der Waals surface area contributed by atoms with E-state index in [0.29, 0.717) is 33.3 Å². The average Bonchev–Trinajstić information content (AvgIpc) is 3.41. The first-order valence-electron chi connectivity index (χ1n) is 12.1. The highest BCUT2D eigenvalue weighted by Gasteiger charge is 2.64. The number of halogens is 1. The van der Waals surface area contributed by atoms with Crippen molar-refractivity contribution >= 4 is 41.0 Å². The van der Waals surface area contributed by atoms with Gasteiger partial charge in [-0.25, -0.2) is 0 Å². The number of hydrogen-bond donors (Lipinski definition) is 0. The summed E-state index contributed by atoms with van der Waals surface area (Å²) in [6.07, 6.45) is -0.381. The van der Waals surface area contributed by atoms with Gasteiger partial charge in [-0.05, 0) is 45.9 Å². The third-order valence-electron chi connectivity index (χ3n) is 6.70. The molecule has 1 unspecified atom stereocenters. The van der Waals surface area contributed by atoms with Crippen molar-refractivity contribution in [2.45, 2.75) is 51.7 Å². The Kier molecular flexibility index (Phi) is 6.14. The largest absolute Gasteiger partial charge is 0.459 e. The Labute approximate surface area is 224 Å². The molecule has 1 spiro atoms. The molecule has 3 amide bonds. The number of fused-ring (bicyclic) bond motifs is 2. The van der Waals surface area contributed by atoms with Gasteiger partial charge in [0.2, 0.25) is 17.7 Å². The van der Waals surface area contributed by atoms with Crippen molar-refractivity contribution in [3.63, 3.8) is 0 Å². The number of anilines is 1. The van der Waals surface area contributed by atoms with Gasteiger partial charge in [0.25, 0.3) is 0 Å². The van der Waals surface area contributed by atoms with E-state index in [1.165, 1.54) is 11.0 Å². The maximum Gasteiger partial charge on any atom is 0.326 e. The number of aromatic nitrogens is 1. The fraction of sp³-hybridized carbons (Fsp3) is 0.321. The van der Waals surface area contributed by atoms with E-state index >= 15 is 0 Å². The highest BCUT2D eigenvalue weighted by molar-refractivity contribution is 6.33. The molecule has 2 aliphatic heterocycles. The first-order chi connectivity index (χ1) is 17.9. The zero-order valence-electron chi connectivity index (χ0n) is 21.4. The van der Waals surface area contributed by atoms with E-state index in [4.69, 9.17) is 20.9 Å². The molecule has 1 atom stereocenters. The number of carbonyl (C=O) groups excluding carboxylic acids is 4. The van der Waals surface area contributed by atoms with Crippen LogP contribution in [0.1, 0.15) is 44.1 Å². The molecule has 2 aliphatic rings. The lowest BCUT2D eigenvalue weighted by atomic mass is 9.80. The van der Waals surface area contributed by atoms with Crippen LogP contribution in [0.25, 0.3) is 11.3 Å². The molecule has 3 heterocycles. The molecule has 2 aromatic carbocycles. The maximum atomic E-state index is 14.0. The number of rotatable bonds is 5. The summed E-state index contributed by atoms with van der Waals surface area (Å²) in [5, 5.41) is 4.44. The van der Waals surface area contributed by atoms with Gasteiger partial charge >= 0.3 is 5.97 Å². The highest BCUT2D eigenvalue weighted by atomic mass is 35.5. The van der Waals surface area contributed by atoms with Crippen LogP contribution in [-0.2, 0) is 35.9 Å². The van der Waals surface area contributed by atoms with E-state index < -0.39 is 41.3 Å². The van der Waals surface area contributed by atoms with Crippen molar-refractivity contribution in [2.75, 3.05) is 11.4 Å². The lowest BCUT2D eigenvalue weighted by molar-refractivity contribution is -0.154. The quantitative estimate of drug-likeness (QED) is 0.274. The number of aryl methyl sites for hydroxylation is 1. The van der Waals surface area contributed by atoms with Crippen LogP contribution in [-0.4, -0.2) is 45.9 Å². The number of hydrogen-bond acceptors (Lipinski definition) is 7. The topological polar surface area (TPSA) is 110 Å². The van der Waals surface area contributed by atoms with E-state index in [1.807, 2.05) is 30.3 Å². The second-order valence-corrected chi connectivity index (χ2v) is 10.9. The zero-order valence-corrected chi connectivity index (χ0v) is 22.2.